The van der Waals surface area contributed by atoms with Gasteiger partial charge in [-0.1, -0.05) is 11.8 Å². The number of piperidine rings is 1. The van der Waals surface area contributed by atoms with Crippen LogP contribution in [0.3, 0.4) is 0 Å². The van der Waals surface area contributed by atoms with Crippen molar-refractivity contribution in [2.75, 3.05) is 29.1 Å². The van der Waals surface area contributed by atoms with Gasteiger partial charge in [-0.15, -0.1) is 0 Å². The molecule has 3 aromatic rings. The number of aromatic amines is 1. The summed E-state index contributed by atoms with van der Waals surface area (Å²) >= 11 is 1.18. The predicted molar refractivity (Wildman–Crippen MR) is 108 cm³/mol. The van der Waals surface area contributed by atoms with E-state index in [0.29, 0.717) is 16.2 Å². The number of aromatic nitrogens is 2. The van der Waals surface area contributed by atoms with Crippen molar-refractivity contribution in [3.05, 3.63) is 48.0 Å². The Bertz CT molecular complexity index is 945. The number of hydrogen-bond acceptors (Lipinski definition) is 4. The summed E-state index contributed by atoms with van der Waals surface area (Å²) in [6.07, 6.45) is 3.73. The summed E-state index contributed by atoms with van der Waals surface area (Å²) in [7, 11) is 0. The molecule has 2 N–H and O–H groups in total. The highest BCUT2D eigenvalue weighted by Crippen LogP contribution is 2.23. The van der Waals surface area contributed by atoms with E-state index in [1.807, 2.05) is 24.3 Å². The molecule has 0 radical (unpaired) electrons. The van der Waals surface area contributed by atoms with Gasteiger partial charge in [0.2, 0.25) is 5.91 Å². The van der Waals surface area contributed by atoms with Gasteiger partial charge in [-0.3, -0.25) is 4.79 Å². The molecule has 1 amide bonds. The number of nitrogens with one attached hydrogen (secondary N) is 2. The third kappa shape index (κ3) is 4.27. The second kappa shape index (κ2) is 8.18. The maximum absolute atomic E-state index is 13.3. The Labute approximate surface area is 165 Å². The van der Waals surface area contributed by atoms with Crippen molar-refractivity contribution in [2.45, 2.75) is 24.4 Å². The number of carbonyl (C=O) groups is 1. The van der Waals surface area contributed by atoms with E-state index in [9.17, 15) is 13.6 Å². The van der Waals surface area contributed by atoms with E-state index in [2.05, 4.69) is 20.2 Å². The van der Waals surface area contributed by atoms with Crippen LogP contribution in [0.1, 0.15) is 19.3 Å². The molecule has 0 saturated carbocycles. The molecule has 5 nitrogen and oxygen atoms in total. The minimum absolute atomic E-state index is 0.138. The number of imidazole rings is 1. The van der Waals surface area contributed by atoms with Crippen LogP contribution >= 0.6 is 11.8 Å². The van der Waals surface area contributed by atoms with Gasteiger partial charge in [-0.2, -0.15) is 0 Å². The average Bonchev–Trinajstić information content (AvgIpc) is 3.09. The van der Waals surface area contributed by atoms with Gasteiger partial charge in [0.15, 0.2) is 16.8 Å². The summed E-state index contributed by atoms with van der Waals surface area (Å²) in [5, 5.41) is 3.29. The molecule has 0 spiro atoms. The highest BCUT2D eigenvalue weighted by atomic mass is 32.2. The molecule has 0 aliphatic carbocycles. The lowest BCUT2D eigenvalue weighted by molar-refractivity contribution is -0.113. The van der Waals surface area contributed by atoms with Crippen LogP contribution in [-0.4, -0.2) is 34.7 Å². The number of nitrogens with zero attached hydrogens (tertiary/aromatic N) is 2. The van der Waals surface area contributed by atoms with Crippen molar-refractivity contribution in [1.82, 2.24) is 9.97 Å². The SMILES string of the molecule is O=C(CSc1nc2cc(F)c(F)cc2[nH]1)Nc1ccc(N2CCCCC2)cc1. The molecule has 1 saturated heterocycles. The molecule has 2 aromatic carbocycles. The van der Waals surface area contributed by atoms with E-state index < -0.39 is 11.6 Å². The molecule has 1 aliphatic rings. The van der Waals surface area contributed by atoms with Crippen molar-refractivity contribution in [3.8, 4) is 0 Å². The Morgan fingerprint density at radius 2 is 1.82 bits per heavy atom. The van der Waals surface area contributed by atoms with E-state index >= 15 is 0 Å². The zero-order valence-corrected chi connectivity index (χ0v) is 16.0. The molecule has 8 heteroatoms. The molecule has 2 heterocycles. The third-order valence-electron chi connectivity index (χ3n) is 4.71. The van der Waals surface area contributed by atoms with Gasteiger partial charge in [0.05, 0.1) is 16.8 Å². The average molecular weight is 402 g/mol. The van der Waals surface area contributed by atoms with Gasteiger partial charge < -0.3 is 15.2 Å². The van der Waals surface area contributed by atoms with Crippen LogP contribution in [0.15, 0.2) is 41.6 Å². The summed E-state index contributed by atoms with van der Waals surface area (Å²) < 4.78 is 26.5. The van der Waals surface area contributed by atoms with E-state index in [1.165, 1.54) is 36.7 Å². The van der Waals surface area contributed by atoms with Crippen LogP contribution in [0.4, 0.5) is 20.2 Å². The highest BCUT2D eigenvalue weighted by Gasteiger charge is 2.12. The molecular weight excluding hydrogens is 382 g/mol. The Morgan fingerprint density at radius 1 is 1.11 bits per heavy atom. The third-order valence-corrected chi connectivity index (χ3v) is 5.59. The number of amides is 1. The molecule has 28 heavy (non-hydrogen) atoms. The Hall–Kier alpha value is -2.61. The molecule has 0 unspecified atom stereocenters. The zero-order valence-electron chi connectivity index (χ0n) is 15.2. The van der Waals surface area contributed by atoms with Crippen LogP contribution < -0.4 is 10.2 Å². The lowest BCUT2D eigenvalue weighted by Gasteiger charge is -2.28. The maximum atomic E-state index is 13.3. The number of anilines is 2. The predicted octanol–water partition coefficient (Wildman–Crippen LogP) is 4.56. The number of fused-ring (bicyclic) bond motifs is 1. The molecule has 146 valence electrons. The van der Waals surface area contributed by atoms with Crippen LogP contribution in [0.2, 0.25) is 0 Å². The molecule has 1 fully saturated rings. The van der Waals surface area contributed by atoms with E-state index in [4.69, 9.17) is 0 Å². The van der Waals surface area contributed by atoms with Gasteiger partial charge in [-0.25, -0.2) is 13.8 Å². The number of thioether (sulfide) groups is 1. The minimum Gasteiger partial charge on any atom is -0.372 e. The smallest absolute Gasteiger partial charge is 0.234 e. The van der Waals surface area contributed by atoms with Gasteiger partial charge in [-0.05, 0) is 43.5 Å². The van der Waals surface area contributed by atoms with E-state index in [-0.39, 0.29) is 11.7 Å². The summed E-state index contributed by atoms with van der Waals surface area (Å²) in [6, 6.07) is 9.95. The number of halogens is 2. The number of H-pyrrole nitrogens is 1. The summed E-state index contributed by atoms with van der Waals surface area (Å²) in [6.45, 7) is 2.15. The van der Waals surface area contributed by atoms with Crippen molar-refractivity contribution >= 4 is 40.1 Å². The molecular formula is C20H20F2N4OS. The van der Waals surface area contributed by atoms with E-state index in [0.717, 1.165) is 30.9 Å². The van der Waals surface area contributed by atoms with Crippen molar-refractivity contribution in [2.24, 2.45) is 0 Å². The molecule has 0 atom stereocenters. The zero-order chi connectivity index (χ0) is 19.5. The minimum atomic E-state index is -0.943. The molecule has 4 rings (SSSR count). The number of benzene rings is 2. The fourth-order valence-electron chi connectivity index (χ4n) is 3.29. The van der Waals surface area contributed by atoms with Crippen molar-refractivity contribution in [3.63, 3.8) is 0 Å². The molecule has 1 aliphatic heterocycles. The second-order valence-corrected chi connectivity index (χ2v) is 7.72. The lowest BCUT2D eigenvalue weighted by Crippen LogP contribution is -2.29. The Morgan fingerprint density at radius 3 is 2.57 bits per heavy atom. The van der Waals surface area contributed by atoms with Crippen molar-refractivity contribution in [1.29, 1.82) is 0 Å². The first-order chi connectivity index (χ1) is 13.6. The lowest BCUT2D eigenvalue weighted by atomic mass is 10.1. The Kier molecular flexibility index (Phi) is 5.47. The van der Waals surface area contributed by atoms with E-state index in [1.54, 1.807) is 0 Å². The van der Waals surface area contributed by atoms with Crippen molar-refractivity contribution < 1.29 is 13.6 Å². The van der Waals surface area contributed by atoms with Gasteiger partial charge in [0, 0.05) is 36.6 Å². The first kappa shape index (κ1) is 18.7. The standard InChI is InChI=1S/C20H20F2N4OS/c21-15-10-17-18(11-16(15)22)25-20(24-17)28-12-19(27)23-13-4-6-14(7-5-13)26-8-2-1-3-9-26/h4-7,10-11H,1-3,8-9,12H2,(H,23,27)(H,24,25). The largest absolute Gasteiger partial charge is 0.372 e. The monoisotopic (exact) mass is 402 g/mol. The van der Waals surface area contributed by atoms with Gasteiger partial charge in [0.25, 0.3) is 0 Å². The van der Waals surface area contributed by atoms with Gasteiger partial charge >= 0.3 is 0 Å². The quantitative estimate of drug-likeness (QED) is 0.614. The molecule has 0 bridgehead atoms. The number of carbonyl (C=O) groups excluding carboxylic acids is 1. The normalized spacial score (nSPS) is 14.4. The summed E-state index contributed by atoms with van der Waals surface area (Å²) in [5.74, 6) is -1.91. The molecule has 1 aromatic heterocycles. The van der Waals surface area contributed by atoms with Crippen LogP contribution in [0, 0.1) is 11.6 Å². The fraction of sp³-hybridized carbons (Fsp3) is 0.300. The van der Waals surface area contributed by atoms with Crippen LogP contribution in [0.5, 0.6) is 0 Å². The Balaban J connectivity index is 1.33. The first-order valence-corrected chi connectivity index (χ1v) is 10.2. The highest BCUT2D eigenvalue weighted by molar-refractivity contribution is 7.99. The first-order valence-electron chi connectivity index (χ1n) is 9.21. The van der Waals surface area contributed by atoms with Crippen LogP contribution in [-0.2, 0) is 4.79 Å². The number of rotatable bonds is 5. The van der Waals surface area contributed by atoms with Gasteiger partial charge in [0.1, 0.15) is 0 Å². The van der Waals surface area contributed by atoms with Crippen LogP contribution in [0.25, 0.3) is 11.0 Å². The number of hydrogen-bond donors (Lipinski definition) is 2. The summed E-state index contributed by atoms with van der Waals surface area (Å²) in [5.41, 5.74) is 2.64. The fourth-order valence-corrected chi connectivity index (χ4v) is 3.97. The summed E-state index contributed by atoms with van der Waals surface area (Å²) in [4.78, 5) is 21.6. The second-order valence-electron chi connectivity index (χ2n) is 6.76. The topological polar surface area (TPSA) is 61.0 Å². The maximum Gasteiger partial charge on any atom is 0.234 e.